The standard InChI is InChI=1S/C15H21BrN2O3Si/c1-19-13-8-11(16)7-12-14(13)17-9-18-15(12)21-10-20-5-6-22(2,3)4/h7-9H,5-6,10H2,1-4H3. The van der Waals surface area contributed by atoms with E-state index in [1.807, 2.05) is 12.1 Å². The first-order chi connectivity index (χ1) is 10.4. The maximum absolute atomic E-state index is 5.65. The van der Waals surface area contributed by atoms with Crippen LogP contribution in [-0.4, -0.2) is 38.6 Å². The molecule has 2 rings (SSSR count). The smallest absolute Gasteiger partial charge is 0.226 e. The number of hydrogen-bond donors (Lipinski definition) is 0. The summed E-state index contributed by atoms with van der Waals surface area (Å²) in [5, 5.41) is 0.794. The molecule has 0 aliphatic carbocycles. The lowest BCUT2D eigenvalue weighted by Crippen LogP contribution is -2.22. The number of ether oxygens (including phenoxy) is 3. The van der Waals surface area contributed by atoms with Gasteiger partial charge < -0.3 is 14.2 Å². The minimum Gasteiger partial charge on any atom is -0.494 e. The lowest BCUT2D eigenvalue weighted by molar-refractivity contribution is 0.0203. The highest BCUT2D eigenvalue weighted by Gasteiger charge is 2.13. The fourth-order valence-corrected chi connectivity index (χ4v) is 3.08. The van der Waals surface area contributed by atoms with Gasteiger partial charge in [-0.25, -0.2) is 9.97 Å². The minimum absolute atomic E-state index is 0.186. The van der Waals surface area contributed by atoms with E-state index < -0.39 is 8.07 Å². The SMILES string of the molecule is COc1cc(Br)cc2c(OCOCC[Si](C)(C)C)ncnc12. The van der Waals surface area contributed by atoms with Crippen LogP contribution in [0.3, 0.4) is 0 Å². The minimum atomic E-state index is -1.08. The molecule has 5 nitrogen and oxygen atoms in total. The Labute approximate surface area is 140 Å². The van der Waals surface area contributed by atoms with Crippen LogP contribution in [0, 0.1) is 0 Å². The summed E-state index contributed by atoms with van der Waals surface area (Å²) >= 11 is 3.46. The van der Waals surface area contributed by atoms with E-state index in [1.165, 1.54) is 6.33 Å². The van der Waals surface area contributed by atoms with Gasteiger partial charge in [0.25, 0.3) is 0 Å². The number of fused-ring (bicyclic) bond motifs is 1. The molecule has 0 spiro atoms. The molecule has 0 radical (unpaired) electrons. The molecule has 7 heteroatoms. The van der Waals surface area contributed by atoms with Gasteiger partial charge in [0.05, 0.1) is 12.5 Å². The summed E-state index contributed by atoms with van der Waals surface area (Å²) in [6.07, 6.45) is 1.47. The van der Waals surface area contributed by atoms with Crippen molar-refractivity contribution in [2.24, 2.45) is 0 Å². The number of aromatic nitrogens is 2. The molecule has 120 valence electrons. The number of halogens is 1. The Hall–Kier alpha value is -1.18. The summed E-state index contributed by atoms with van der Waals surface area (Å²) in [6.45, 7) is 7.86. The third-order valence-electron chi connectivity index (χ3n) is 3.13. The second-order valence-corrected chi connectivity index (χ2v) is 12.7. The van der Waals surface area contributed by atoms with E-state index in [1.54, 1.807) is 7.11 Å². The Balaban J connectivity index is 2.07. The van der Waals surface area contributed by atoms with Crippen LogP contribution in [0.5, 0.6) is 11.6 Å². The van der Waals surface area contributed by atoms with E-state index in [4.69, 9.17) is 14.2 Å². The average molecular weight is 385 g/mol. The van der Waals surface area contributed by atoms with Gasteiger partial charge in [-0.1, -0.05) is 35.6 Å². The Kier molecular flexibility index (Phi) is 5.77. The molecule has 1 aromatic carbocycles. The third-order valence-corrected chi connectivity index (χ3v) is 5.29. The van der Waals surface area contributed by atoms with Gasteiger partial charge in [0.1, 0.15) is 17.6 Å². The van der Waals surface area contributed by atoms with Gasteiger partial charge in [0.15, 0.2) is 6.79 Å². The average Bonchev–Trinajstić information content (AvgIpc) is 2.45. The van der Waals surface area contributed by atoms with E-state index in [9.17, 15) is 0 Å². The van der Waals surface area contributed by atoms with Gasteiger partial charge in [0.2, 0.25) is 5.88 Å². The Morgan fingerprint density at radius 1 is 1.18 bits per heavy atom. The van der Waals surface area contributed by atoms with Crippen LogP contribution < -0.4 is 9.47 Å². The summed E-state index contributed by atoms with van der Waals surface area (Å²) in [5.41, 5.74) is 0.720. The van der Waals surface area contributed by atoms with Gasteiger partial charge in [-0.15, -0.1) is 0 Å². The molecule has 0 aliphatic heterocycles. The molecule has 0 atom stereocenters. The van der Waals surface area contributed by atoms with Crippen LogP contribution in [0.4, 0.5) is 0 Å². The highest BCUT2D eigenvalue weighted by molar-refractivity contribution is 9.10. The van der Waals surface area contributed by atoms with Gasteiger partial charge in [-0.05, 0) is 18.2 Å². The number of rotatable bonds is 7. The zero-order chi connectivity index (χ0) is 16.2. The van der Waals surface area contributed by atoms with E-state index in [0.29, 0.717) is 18.2 Å². The fourth-order valence-electron chi connectivity index (χ4n) is 1.88. The predicted molar refractivity (Wildman–Crippen MR) is 93.4 cm³/mol. The molecule has 22 heavy (non-hydrogen) atoms. The van der Waals surface area contributed by atoms with E-state index in [0.717, 1.165) is 21.4 Å². The molecular formula is C15H21BrN2O3Si. The summed E-state index contributed by atoms with van der Waals surface area (Å²) in [4.78, 5) is 8.45. The summed E-state index contributed by atoms with van der Waals surface area (Å²) < 4.78 is 17.4. The highest BCUT2D eigenvalue weighted by Crippen LogP contribution is 2.32. The molecule has 0 unspecified atom stereocenters. The van der Waals surface area contributed by atoms with Crippen molar-refractivity contribution in [2.45, 2.75) is 25.7 Å². The Bertz CT molecular complexity index is 646. The molecule has 0 saturated carbocycles. The summed E-state index contributed by atoms with van der Waals surface area (Å²) in [6, 6.07) is 4.89. The van der Waals surface area contributed by atoms with Crippen LogP contribution in [0.15, 0.2) is 22.9 Å². The lowest BCUT2D eigenvalue weighted by Gasteiger charge is -2.15. The number of nitrogens with zero attached hydrogens (tertiary/aromatic N) is 2. The predicted octanol–water partition coefficient (Wildman–Crippen LogP) is 4.09. The second kappa shape index (κ2) is 7.39. The van der Waals surface area contributed by atoms with Crippen LogP contribution in [0.2, 0.25) is 25.7 Å². The van der Waals surface area contributed by atoms with Gasteiger partial charge in [-0.2, -0.15) is 0 Å². The normalized spacial score (nSPS) is 11.7. The van der Waals surface area contributed by atoms with Crippen molar-refractivity contribution in [3.63, 3.8) is 0 Å². The summed E-state index contributed by atoms with van der Waals surface area (Å²) in [5.74, 6) is 1.17. The third kappa shape index (κ3) is 4.66. The van der Waals surface area contributed by atoms with Crippen LogP contribution in [0.25, 0.3) is 10.9 Å². The zero-order valence-electron chi connectivity index (χ0n) is 13.4. The van der Waals surface area contributed by atoms with Crippen molar-refractivity contribution in [3.05, 3.63) is 22.9 Å². The molecule has 0 fully saturated rings. The first kappa shape index (κ1) is 17.2. The molecule has 0 N–H and O–H groups in total. The van der Waals surface area contributed by atoms with E-state index in [-0.39, 0.29) is 6.79 Å². The van der Waals surface area contributed by atoms with Crippen molar-refractivity contribution in [1.29, 1.82) is 0 Å². The number of methoxy groups -OCH3 is 1. The molecule has 0 aliphatic rings. The molecule has 1 heterocycles. The zero-order valence-corrected chi connectivity index (χ0v) is 15.9. The van der Waals surface area contributed by atoms with Gasteiger partial charge in [0, 0.05) is 19.2 Å². The van der Waals surface area contributed by atoms with E-state index >= 15 is 0 Å². The fraction of sp³-hybridized carbons (Fsp3) is 0.467. The van der Waals surface area contributed by atoms with Crippen molar-refractivity contribution in [3.8, 4) is 11.6 Å². The number of hydrogen-bond acceptors (Lipinski definition) is 5. The monoisotopic (exact) mass is 384 g/mol. The van der Waals surface area contributed by atoms with Crippen molar-refractivity contribution >= 4 is 34.9 Å². The van der Waals surface area contributed by atoms with Crippen LogP contribution in [-0.2, 0) is 4.74 Å². The molecule has 2 aromatic rings. The first-order valence-corrected chi connectivity index (χ1v) is 11.6. The van der Waals surface area contributed by atoms with Crippen LogP contribution >= 0.6 is 15.9 Å². The first-order valence-electron chi connectivity index (χ1n) is 7.09. The molecule has 0 saturated heterocycles. The lowest BCUT2D eigenvalue weighted by atomic mass is 10.2. The topological polar surface area (TPSA) is 53.5 Å². The molecule has 0 bridgehead atoms. The van der Waals surface area contributed by atoms with Crippen molar-refractivity contribution in [2.75, 3.05) is 20.5 Å². The van der Waals surface area contributed by atoms with E-state index in [2.05, 4.69) is 45.5 Å². The van der Waals surface area contributed by atoms with Gasteiger partial charge >= 0.3 is 0 Å². The Morgan fingerprint density at radius 2 is 1.95 bits per heavy atom. The van der Waals surface area contributed by atoms with Crippen molar-refractivity contribution in [1.82, 2.24) is 9.97 Å². The second-order valence-electron chi connectivity index (χ2n) is 6.16. The van der Waals surface area contributed by atoms with Crippen molar-refractivity contribution < 1.29 is 14.2 Å². The number of benzene rings is 1. The maximum Gasteiger partial charge on any atom is 0.226 e. The van der Waals surface area contributed by atoms with Crippen LogP contribution in [0.1, 0.15) is 0 Å². The van der Waals surface area contributed by atoms with Gasteiger partial charge in [-0.3, -0.25) is 0 Å². The molecule has 0 amide bonds. The quantitative estimate of drug-likeness (QED) is 0.408. The largest absolute Gasteiger partial charge is 0.494 e. The molecule has 1 aromatic heterocycles. The molecular weight excluding hydrogens is 364 g/mol. The summed E-state index contributed by atoms with van der Waals surface area (Å²) in [7, 11) is 0.535. The Morgan fingerprint density at radius 3 is 2.64 bits per heavy atom. The maximum atomic E-state index is 5.65. The highest BCUT2D eigenvalue weighted by atomic mass is 79.9.